The van der Waals surface area contributed by atoms with Gasteiger partial charge in [0.15, 0.2) is 0 Å². The van der Waals surface area contributed by atoms with Crippen molar-refractivity contribution in [3.63, 3.8) is 0 Å². The van der Waals surface area contributed by atoms with Gasteiger partial charge in [-0.15, -0.1) is 23.1 Å². The molecule has 0 aromatic carbocycles. The van der Waals surface area contributed by atoms with Crippen molar-refractivity contribution < 1.29 is 0 Å². The van der Waals surface area contributed by atoms with Crippen LogP contribution in [-0.4, -0.2) is 15.7 Å². The zero-order valence-electron chi connectivity index (χ0n) is 10.7. The second-order valence-electron chi connectivity index (χ2n) is 4.77. The summed E-state index contributed by atoms with van der Waals surface area (Å²) in [5.74, 6) is 1.17. The van der Waals surface area contributed by atoms with E-state index in [9.17, 15) is 0 Å². The number of thioether (sulfide) groups is 1. The Kier molecular flexibility index (Phi) is 3.85. The number of nitrogens with zero attached hydrogens (tertiary/aromatic N) is 2. The Bertz CT molecular complexity index is 548. The molecule has 0 aliphatic heterocycles. The number of rotatable bonds is 4. The Labute approximate surface area is 116 Å². The topological polar surface area (TPSA) is 25.8 Å². The van der Waals surface area contributed by atoms with Gasteiger partial charge in [-0.3, -0.25) is 0 Å². The van der Waals surface area contributed by atoms with Gasteiger partial charge < -0.3 is 0 Å². The van der Waals surface area contributed by atoms with Crippen LogP contribution in [0.2, 0.25) is 0 Å². The summed E-state index contributed by atoms with van der Waals surface area (Å²) >= 11 is 3.80. The molecule has 2 aromatic heterocycles. The molecule has 18 heavy (non-hydrogen) atoms. The van der Waals surface area contributed by atoms with Crippen molar-refractivity contribution in [3.8, 4) is 0 Å². The van der Waals surface area contributed by atoms with Crippen LogP contribution in [0.1, 0.15) is 43.0 Å². The lowest BCUT2D eigenvalue weighted by molar-refractivity contribution is 0.699. The van der Waals surface area contributed by atoms with E-state index in [1.807, 2.05) is 23.1 Å². The highest BCUT2D eigenvalue weighted by Crippen LogP contribution is 2.39. The van der Waals surface area contributed by atoms with Crippen LogP contribution >= 0.6 is 23.1 Å². The Balaban J connectivity index is 2.00. The molecule has 1 aliphatic rings. The van der Waals surface area contributed by atoms with Crippen LogP contribution in [-0.2, 0) is 12.8 Å². The second-order valence-corrected chi connectivity index (χ2v) is 6.94. The second kappa shape index (κ2) is 5.57. The minimum absolute atomic E-state index is 1.17. The molecule has 0 N–H and O–H groups in total. The van der Waals surface area contributed by atoms with Gasteiger partial charge in [0.2, 0.25) is 0 Å². The van der Waals surface area contributed by atoms with Crippen molar-refractivity contribution in [2.24, 2.45) is 0 Å². The number of thiophene rings is 1. The number of aromatic nitrogens is 2. The van der Waals surface area contributed by atoms with Gasteiger partial charge >= 0.3 is 0 Å². The molecule has 0 saturated carbocycles. The zero-order valence-corrected chi connectivity index (χ0v) is 12.4. The number of aryl methyl sites for hydroxylation is 2. The normalized spacial score (nSPS) is 14.9. The van der Waals surface area contributed by atoms with E-state index in [2.05, 4.69) is 16.9 Å². The van der Waals surface area contributed by atoms with Crippen LogP contribution in [0, 0.1) is 0 Å². The Morgan fingerprint density at radius 3 is 3.06 bits per heavy atom. The monoisotopic (exact) mass is 278 g/mol. The Hall–Kier alpha value is -0.610. The molecule has 2 nitrogen and oxygen atoms in total. The number of unbranched alkanes of at least 4 members (excludes halogenated alkanes) is 1. The molecule has 2 aromatic rings. The van der Waals surface area contributed by atoms with Gasteiger partial charge in [-0.05, 0) is 43.4 Å². The van der Waals surface area contributed by atoms with Gasteiger partial charge in [0.1, 0.15) is 16.2 Å². The molecule has 0 saturated heterocycles. The van der Waals surface area contributed by atoms with E-state index >= 15 is 0 Å². The molecule has 2 heterocycles. The highest BCUT2D eigenvalue weighted by atomic mass is 32.2. The van der Waals surface area contributed by atoms with E-state index in [1.54, 1.807) is 16.8 Å². The SMILES string of the molecule is CCCCSc1ncnc2sc3c(c12)CCCC3. The van der Waals surface area contributed by atoms with Crippen LogP contribution in [0.5, 0.6) is 0 Å². The predicted octanol–water partition coefficient (Wildman–Crippen LogP) is 4.46. The molecule has 0 amide bonds. The summed E-state index contributed by atoms with van der Waals surface area (Å²) in [6.45, 7) is 2.24. The number of hydrogen-bond donors (Lipinski definition) is 0. The third-order valence-corrected chi connectivity index (χ3v) is 5.73. The third-order valence-electron chi connectivity index (χ3n) is 3.45. The lowest BCUT2D eigenvalue weighted by Crippen LogP contribution is -1.99. The molecule has 0 bridgehead atoms. The number of fused-ring (bicyclic) bond motifs is 3. The minimum Gasteiger partial charge on any atom is -0.229 e. The first kappa shape index (κ1) is 12.4. The standard InChI is InChI=1S/C14H18N2S2/c1-2-3-8-17-13-12-10-6-4-5-7-11(10)18-14(12)16-9-15-13/h9H,2-8H2,1H3. The van der Waals surface area contributed by atoms with Crippen LogP contribution in [0.25, 0.3) is 10.2 Å². The molecule has 4 heteroatoms. The molecule has 0 radical (unpaired) electrons. The van der Waals surface area contributed by atoms with E-state index < -0.39 is 0 Å². The quantitative estimate of drug-likeness (QED) is 0.469. The van der Waals surface area contributed by atoms with Crippen LogP contribution in [0.4, 0.5) is 0 Å². The van der Waals surface area contributed by atoms with Crippen LogP contribution < -0.4 is 0 Å². The first-order valence-electron chi connectivity index (χ1n) is 6.78. The van der Waals surface area contributed by atoms with Crippen LogP contribution in [0.15, 0.2) is 11.4 Å². The molecule has 0 atom stereocenters. The van der Waals surface area contributed by atoms with Gasteiger partial charge in [0.25, 0.3) is 0 Å². The van der Waals surface area contributed by atoms with Crippen molar-refractivity contribution in [2.75, 3.05) is 5.75 Å². The maximum absolute atomic E-state index is 4.52. The fourth-order valence-corrected chi connectivity index (χ4v) is 4.89. The average Bonchev–Trinajstić information content (AvgIpc) is 2.78. The fourth-order valence-electron chi connectivity index (χ4n) is 2.48. The molecular formula is C14H18N2S2. The lowest BCUT2D eigenvalue weighted by atomic mass is 9.97. The summed E-state index contributed by atoms with van der Waals surface area (Å²) in [6, 6.07) is 0. The number of hydrogen-bond acceptors (Lipinski definition) is 4. The average molecular weight is 278 g/mol. The van der Waals surface area contributed by atoms with E-state index in [0.29, 0.717) is 0 Å². The summed E-state index contributed by atoms with van der Waals surface area (Å²) in [7, 11) is 0. The molecule has 96 valence electrons. The van der Waals surface area contributed by atoms with Crippen molar-refractivity contribution in [3.05, 3.63) is 16.8 Å². The summed E-state index contributed by atoms with van der Waals surface area (Å²) in [5, 5.41) is 2.59. The first-order valence-corrected chi connectivity index (χ1v) is 8.58. The molecule has 0 unspecified atom stereocenters. The van der Waals surface area contributed by atoms with Crippen LogP contribution in [0.3, 0.4) is 0 Å². The maximum atomic E-state index is 4.52. The fraction of sp³-hybridized carbons (Fsp3) is 0.571. The largest absolute Gasteiger partial charge is 0.229 e. The summed E-state index contributed by atoms with van der Waals surface area (Å²) in [6.07, 6.45) is 9.39. The van der Waals surface area contributed by atoms with Gasteiger partial charge in [-0.2, -0.15) is 0 Å². The van der Waals surface area contributed by atoms with Gasteiger partial charge in [0, 0.05) is 10.3 Å². The van der Waals surface area contributed by atoms with E-state index in [4.69, 9.17) is 0 Å². The summed E-state index contributed by atoms with van der Waals surface area (Å²) in [4.78, 5) is 11.8. The van der Waals surface area contributed by atoms with Gasteiger partial charge in [0.05, 0.1) is 0 Å². The smallest absolute Gasteiger partial charge is 0.128 e. The van der Waals surface area contributed by atoms with E-state index in [-0.39, 0.29) is 0 Å². The first-order chi connectivity index (χ1) is 8.90. The third kappa shape index (κ3) is 2.28. The van der Waals surface area contributed by atoms with Crippen molar-refractivity contribution in [1.29, 1.82) is 0 Å². The minimum atomic E-state index is 1.17. The van der Waals surface area contributed by atoms with Gasteiger partial charge in [-0.1, -0.05) is 13.3 Å². The molecule has 1 aliphatic carbocycles. The molecule has 3 rings (SSSR count). The predicted molar refractivity (Wildman–Crippen MR) is 79.7 cm³/mol. The highest BCUT2D eigenvalue weighted by molar-refractivity contribution is 7.99. The van der Waals surface area contributed by atoms with E-state index in [1.165, 1.54) is 59.5 Å². The van der Waals surface area contributed by atoms with Crippen molar-refractivity contribution >= 4 is 33.3 Å². The molecular weight excluding hydrogens is 260 g/mol. The van der Waals surface area contributed by atoms with Gasteiger partial charge in [-0.25, -0.2) is 9.97 Å². The van der Waals surface area contributed by atoms with Crippen molar-refractivity contribution in [2.45, 2.75) is 50.5 Å². The molecule has 0 fully saturated rings. The Morgan fingerprint density at radius 1 is 1.28 bits per heavy atom. The maximum Gasteiger partial charge on any atom is 0.128 e. The summed E-state index contributed by atoms with van der Waals surface area (Å²) < 4.78 is 0. The zero-order chi connectivity index (χ0) is 12.4. The highest BCUT2D eigenvalue weighted by Gasteiger charge is 2.19. The Morgan fingerprint density at radius 2 is 2.17 bits per heavy atom. The van der Waals surface area contributed by atoms with E-state index in [0.717, 1.165) is 0 Å². The lowest BCUT2D eigenvalue weighted by Gasteiger charge is -2.11. The molecule has 0 spiro atoms. The summed E-state index contributed by atoms with van der Waals surface area (Å²) in [5.41, 5.74) is 1.56. The van der Waals surface area contributed by atoms with Crippen molar-refractivity contribution in [1.82, 2.24) is 9.97 Å².